The monoisotopic (exact) mass is 363 g/mol. The Morgan fingerprint density at radius 3 is 2.65 bits per heavy atom. The molecule has 3 rings (SSSR count). The molecule has 2 aromatic rings. The van der Waals surface area contributed by atoms with Crippen LogP contribution in [0.2, 0.25) is 0 Å². The van der Waals surface area contributed by atoms with E-state index in [1.165, 1.54) is 6.07 Å². The maximum absolute atomic E-state index is 13.5. The van der Waals surface area contributed by atoms with Crippen molar-refractivity contribution in [2.45, 2.75) is 0 Å². The Kier molecular flexibility index (Phi) is 5.90. The molecule has 1 aliphatic rings. The van der Waals surface area contributed by atoms with Gasteiger partial charge in [-0.05, 0) is 12.1 Å². The molecule has 26 heavy (non-hydrogen) atoms. The minimum Gasteiger partial charge on any atom is -0.378 e. The van der Waals surface area contributed by atoms with Crippen LogP contribution in [0.1, 0.15) is 10.4 Å². The first-order valence-electron chi connectivity index (χ1n) is 8.26. The highest BCUT2D eigenvalue weighted by Crippen LogP contribution is 2.17. The molecule has 0 unspecified atom stereocenters. The molecule has 1 aromatic carbocycles. The molecule has 1 aliphatic heterocycles. The van der Waals surface area contributed by atoms with Crippen molar-refractivity contribution < 1.29 is 18.3 Å². The summed E-state index contributed by atoms with van der Waals surface area (Å²) in [5.74, 6) is -2.02. The Labute approximate surface area is 149 Å². The van der Waals surface area contributed by atoms with Crippen molar-refractivity contribution in [2.24, 2.45) is 0 Å². The predicted octanol–water partition coefficient (Wildman–Crippen LogP) is 1.43. The van der Waals surface area contributed by atoms with Crippen molar-refractivity contribution in [1.82, 2.24) is 15.5 Å². The third kappa shape index (κ3) is 4.42. The molecule has 9 heteroatoms. The van der Waals surface area contributed by atoms with Gasteiger partial charge in [0.2, 0.25) is 0 Å². The van der Waals surface area contributed by atoms with Crippen LogP contribution in [0.25, 0.3) is 0 Å². The van der Waals surface area contributed by atoms with Gasteiger partial charge < -0.3 is 20.3 Å². The van der Waals surface area contributed by atoms with E-state index in [1.807, 2.05) is 6.07 Å². The first kappa shape index (κ1) is 18.0. The van der Waals surface area contributed by atoms with Crippen LogP contribution in [0.15, 0.2) is 30.5 Å². The second kappa shape index (κ2) is 8.52. The Balaban J connectivity index is 1.50. The lowest BCUT2D eigenvalue weighted by Crippen LogP contribution is -2.36. The van der Waals surface area contributed by atoms with Gasteiger partial charge in [-0.3, -0.25) is 4.79 Å². The molecule has 1 amide bonds. The van der Waals surface area contributed by atoms with E-state index in [9.17, 15) is 13.6 Å². The van der Waals surface area contributed by atoms with E-state index in [4.69, 9.17) is 4.74 Å². The van der Waals surface area contributed by atoms with Crippen molar-refractivity contribution in [1.29, 1.82) is 0 Å². The minimum atomic E-state index is -0.889. The van der Waals surface area contributed by atoms with E-state index in [0.29, 0.717) is 25.6 Å². The first-order chi connectivity index (χ1) is 12.6. The number of ether oxygens (including phenoxy) is 1. The number of morpholine rings is 1. The van der Waals surface area contributed by atoms with Crippen LogP contribution in [0.3, 0.4) is 0 Å². The van der Waals surface area contributed by atoms with Crippen molar-refractivity contribution in [2.75, 3.05) is 49.6 Å². The summed E-state index contributed by atoms with van der Waals surface area (Å²) in [6.07, 6.45) is 1.68. The van der Waals surface area contributed by atoms with Gasteiger partial charge in [0, 0.05) is 32.2 Å². The summed E-state index contributed by atoms with van der Waals surface area (Å²) in [6, 6.07) is 5.16. The van der Waals surface area contributed by atoms with Crippen molar-refractivity contribution in [3.05, 3.63) is 47.7 Å². The van der Waals surface area contributed by atoms with Crippen LogP contribution in [-0.2, 0) is 4.74 Å². The van der Waals surface area contributed by atoms with Gasteiger partial charge >= 0.3 is 0 Å². The first-order valence-corrected chi connectivity index (χ1v) is 8.26. The summed E-state index contributed by atoms with van der Waals surface area (Å²) in [4.78, 5) is 14.0. The zero-order chi connectivity index (χ0) is 18.4. The van der Waals surface area contributed by atoms with Gasteiger partial charge in [0.05, 0.1) is 25.1 Å². The van der Waals surface area contributed by atoms with Crippen LogP contribution in [0, 0.1) is 11.6 Å². The van der Waals surface area contributed by atoms with Gasteiger partial charge in [0.25, 0.3) is 5.91 Å². The van der Waals surface area contributed by atoms with Gasteiger partial charge in [0.15, 0.2) is 5.82 Å². The Bertz CT molecular complexity index is 748. The van der Waals surface area contributed by atoms with Crippen molar-refractivity contribution in [3.63, 3.8) is 0 Å². The largest absolute Gasteiger partial charge is 0.378 e. The molecule has 0 spiro atoms. The molecule has 1 saturated heterocycles. The van der Waals surface area contributed by atoms with E-state index in [2.05, 4.69) is 25.7 Å². The smallest absolute Gasteiger partial charge is 0.257 e. The number of nitrogens with one attached hydrogen (secondary N) is 2. The molecular weight excluding hydrogens is 344 g/mol. The molecule has 2 heterocycles. The Morgan fingerprint density at radius 2 is 1.92 bits per heavy atom. The lowest BCUT2D eigenvalue weighted by atomic mass is 10.2. The normalized spacial score (nSPS) is 14.2. The zero-order valence-electron chi connectivity index (χ0n) is 14.0. The van der Waals surface area contributed by atoms with Crippen molar-refractivity contribution >= 4 is 17.4 Å². The summed E-state index contributed by atoms with van der Waals surface area (Å²) in [5, 5.41) is 13.4. The number of carbonyl (C=O) groups is 1. The maximum atomic E-state index is 13.5. The molecule has 2 N–H and O–H groups in total. The standard InChI is InChI=1S/C17H19F2N5O2/c18-13-2-1-3-14(19)16(13)17(25)21-5-4-20-15-10-12(11-22-23-15)24-6-8-26-9-7-24/h1-3,10-11H,4-9H2,(H,20,23)(H,21,25). The number of anilines is 2. The van der Waals surface area contributed by atoms with Crippen LogP contribution in [0.4, 0.5) is 20.3 Å². The highest BCUT2D eigenvalue weighted by Gasteiger charge is 2.16. The molecule has 0 aliphatic carbocycles. The lowest BCUT2D eigenvalue weighted by molar-refractivity contribution is 0.0946. The quantitative estimate of drug-likeness (QED) is 0.756. The molecule has 0 bridgehead atoms. The topological polar surface area (TPSA) is 79.4 Å². The van der Waals surface area contributed by atoms with E-state index in [1.54, 1.807) is 6.20 Å². The number of hydrogen-bond donors (Lipinski definition) is 2. The average molecular weight is 363 g/mol. The maximum Gasteiger partial charge on any atom is 0.257 e. The van der Waals surface area contributed by atoms with E-state index in [-0.39, 0.29) is 6.54 Å². The average Bonchev–Trinajstić information content (AvgIpc) is 2.66. The van der Waals surface area contributed by atoms with Crippen LogP contribution < -0.4 is 15.5 Å². The molecule has 0 atom stereocenters. The zero-order valence-corrected chi connectivity index (χ0v) is 14.0. The highest BCUT2D eigenvalue weighted by molar-refractivity contribution is 5.94. The molecule has 1 aromatic heterocycles. The van der Waals surface area contributed by atoms with Crippen LogP contribution in [0.5, 0.6) is 0 Å². The van der Waals surface area contributed by atoms with Gasteiger partial charge in [0.1, 0.15) is 17.2 Å². The molecular formula is C17H19F2N5O2. The number of hydrogen-bond acceptors (Lipinski definition) is 6. The molecule has 7 nitrogen and oxygen atoms in total. The molecule has 138 valence electrons. The minimum absolute atomic E-state index is 0.177. The fourth-order valence-corrected chi connectivity index (χ4v) is 2.61. The summed E-state index contributed by atoms with van der Waals surface area (Å²) in [7, 11) is 0. The molecule has 0 radical (unpaired) electrons. The Morgan fingerprint density at radius 1 is 1.19 bits per heavy atom. The second-order valence-electron chi connectivity index (χ2n) is 5.68. The summed E-state index contributed by atoms with van der Waals surface area (Å²) >= 11 is 0. The fourth-order valence-electron chi connectivity index (χ4n) is 2.61. The number of rotatable bonds is 6. The third-order valence-electron chi connectivity index (χ3n) is 3.92. The van der Waals surface area contributed by atoms with Crippen LogP contribution in [-0.4, -0.2) is 55.5 Å². The molecule has 1 fully saturated rings. The SMILES string of the molecule is O=C(NCCNc1cc(N2CCOCC2)cnn1)c1c(F)cccc1F. The summed E-state index contributed by atoms with van der Waals surface area (Å²) in [6.45, 7) is 3.43. The second-order valence-corrected chi connectivity index (χ2v) is 5.68. The Hall–Kier alpha value is -2.81. The van der Waals surface area contributed by atoms with Crippen molar-refractivity contribution in [3.8, 4) is 0 Å². The number of aromatic nitrogens is 2. The van der Waals surface area contributed by atoms with Gasteiger partial charge in [-0.2, -0.15) is 5.10 Å². The van der Waals surface area contributed by atoms with Gasteiger partial charge in [-0.25, -0.2) is 8.78 Å². The number of carbonyl (C=O) groups excluding carboxylic acids is 1. The van der Waals surface area contributed by atoms with Gasteiger partial charge in [-0.15, -0.1) is 5.10 Å². The number of benzene rings is 1. The summed E-state index contributed by atoms with van der Waals surface area (Å²) in [5.41, 5.74) is 0.352. The number of nitrogens with zero attached hydrogens (tertiary/aromatic N) is 3. The third-order valence-corrected chi connectivity index (χ3v) is 3.92. The summed E-state index contributed by atoms with van der Waals surface area (Å²) < 4.78 is 32.4. The van der Waals surface area contributed by atoms with E-state index in [0.717, 1.165) is 30.9 Å². The van der Waals surface area contributed by atoms with E-state index >= 15 is 0 Å². The predicted molar refractivity (Wildman–Crippen MR) is 92.2 cm³/mol. The van der Waals surface area contributed by atoms with Crippen LogP contribution >= 0.6 is 0 Å². The number of amides is 1. The van der Waals surface area contributed by atoms with Gasteiger partial charge in [-0.1, -0.05) is 6.07 Å². The number of halogens is 2. The molecule has 0 saturated carbocycles. The fraction of sp³-hybridized carbons (Fsp3) is 0.353. The van der Waals surface area contributed by atoms with E-state index < -0.39 is 23.1 Å². The highest BCUT2D eigenvalue weighted by atomic mass is 19.1. The lowest BCUT2D eigenvalue weighted by Gasteiger charge is -2.28.